The van der Waals surface area contributed by atoms with E-state index >= 15 is 0 Å². The van der Waals surface area contributed by atoms with E-state index in [-0.39, 0.29) is 5.75 Å². The standard InChI is InChI=1S/C17H18N4O4S/c1-19-14-13(15(23)20(2)17(19)24)21(9-11-7-5-4-6-8-11)16(18-14)26-10-12(22)25-3/h4-8H,9-10H2,1-3H3. The molecule has 0 atom stereocenters. The van der Waals surface area contributed by atoms with Gasteiger partial charge in [-0.15, -0.1) is 0 Å². The second kappa shape index (κ2) is 7.20. The number of aromatic nitrogens is 4. The lowest BCUT2D eigenvalue weighted by Gasteiger charge is -2.09. The molecule has 0 fully saturated rings. The topological polar surface area (TPSA) is 88.1 Å². The van der Waals surface area contributed by atoms with E-state index in [2.05, 4.69) is 9.72 Å². The Balaban J connectivity index is 2.21. The first kappa shape index (κ1) is 18.0. The van der Waals surface area contributed by atoms with Gasteiger partial charge in [-0.2, -0.15) is 0 Å². The summed E-state index contributed by atoms with van der Waals surface area (Å²) < 4.78 is 8.80. The molecule has 0 spiro atoms. The highest BCUT2D eigenvalue weighted by Crippen LogP contribution is 2.23. The minimum Gasteiger partial charge on any atom is -0.468 e. The second-order valence-corrected chi connectivity index (χ2v) is 6.65. The number of aryl methyl sites for hydroxylation is 1. The van der Waals surface area contributed by atoms with Crippen LogP contribution in [0.25, 0.3) is 11.2 Å². The summed E-state index contributed by atoms with van der Waals surface area (Å²) in [7, 11) is 4.32. The molecule has 3 rings (SSSR count). The molecule has 0 aliphatic carbocycles. The molecule has 3 aromatic rings. The van der Waals surface area contributed by atoms with Crippen molar-refractivity contribution in [1.29, 1.82) is 0 Å². The van der Waals surface area contributed by atoms with Crippen molar-refractivity contribution in [2.75, 3.05) is 12.9 Å². The van der Waals surface area contributed by atoms with E-state index in [1.54, 1.807) is 11.6 Å². The molecule has 0 bridgehead atoms. The van der Waals surface area contributed by atoms with Gasteiger partial charge in [-0.1, -0.05) is 42.1 Å². The quantitative estimate of drug-likeness (QED) is 0.484. The van der Waals surface area contributed by atoms with Crippen molar-refractivity contribution in [3.8, 4) is 0 Å². The van der Waals surface area contributed by atoms with Crippen LogP contribution in [0.5, 0.6) is 0 Å². The monoisotopic (exact) mass is 374 g/mol. The second-order valence-electron chi connectivity index (χ2n) is 5.71. The zero-order chi connectivity index (χ0) is 18.8. The summed E-state index contributed by atoms with van der Waals surface area (Å²) in [5.74, 6) is -0.335. The Bertz CT molecular complexity index is 1080. The number of methoxy groups -OCH3 is 1. The third kappa shape index (κ3) is 3.17. The lowest BCUT2D eigenvalue weighted by molar-refractivity contribution is -0.137. The van der Waals surface area contributed by atoms with Gasteiger partial charge in [-0.25, -0.2) is 9.78 Å². The molecular weight excluding hydrogens is 356 g/mol. The van der Waals surface area contributed by atoms with Crippen LogP contribution in [0.1, 0.15) is 5.56 Å². The van der Waals surface area contributed by atoms with Crippen molar-refractivity contribution in [2.45, 2.75) is 11.7 Å². The fraction of sp³-hybridized carbons (Fsp3) is 0.294. The predicted molar refractivity (Wildman–Crippen MR) is 98.5 cm³/mol. The highest BCUT2D eigenvalue weighted by molar-refractivity contribution is 7.99. The lowest BCUT2D eigenvalue weighted by Crippen LogP contribution is -2.37. The molecular formula is C17H18N4O4S. The Labute approximate surface area is 153 Å². The van der Waals surface area contributed by atoms with Crippen LogP contribution in [0.2, 0.25) is 0 Å². The van der Waals surface area contributed by atoms with Crippen molar-refractivity contribution in [2.24, 2.45) is 14.1 Å². The van der Waals surface area contributed by atoms with Gasteiger partial charge in [0.05, 0.1) is 19.4 Å². The third-order valence-electron chi connectivity index (χ3n) is 4.04. The van der Waals surface area contributed by atoms with Crippen LogP contribution < -0.4 is 11.2 Å². The fourth-order valence-electron chi connectivity index (χ4n) is 2.63. The van der Waals surface area contributed by atoms with Gasteiger partial charge < -0.3 is 9.30 Å². The first-order chi connectivity index (χ1) is 12.4. The average molecular weight is 374 g/mol. The molecule has 0 unspecified atom stereocenters. The summed E-state index contributed by atoms with van der Waals surface area (Å²) in [5.41, 5.74) is 0.725. The molecule has 26 heavy (non-hydrogen) atoms. The number of carbonyl (C=O) groups excluding carboxylic acids is 1. The van der Waals surface area contributed by atoms with E-state index in [0.29, 0.717) is 22.9 Å². The van der Waals surface area contributed by atoms with Crippen LogP contribution in [0.15, 0.2) is 45.1 Å². The van der Waals surface area contributed by atoms with Crippen LogP contribution in [-0.2, 0) is 30.2 Å². The zero-order valence-corrected chi connectivity index (χ0v) is 15.4. The molecule has 2 heterocycles. The van der Waals surface area contributed by atoms with Crippen molar-refractivity contribution >= 4 is 28.9 Å². The molecule has 0 N–H and O–H groups in total. The maximum absolute atomic E-state index is 12.7. The Morgan fingerprint density at radius 2 is 1.85 bits per heavy atom. The first-order valence-corrected chi connectivity index (χ1v) is 8.82. The van der Waals surface area contributed by atoms with Crippen LogP contribution in [-0.4, -0.2) is 37.5 Å². The van der Waals surface area contributed by atoms with E-state index in [1.165, 1.54) is 30.5 Å². The molecule has 0 aliphatic heterocycles. The number of nitrogens with zero attached hydrogens (tertiary/aromatic N) is 4. The number of hydrogen-bond acceptors (Lipinski definition) is 6. The molecule has 136 valence electrons. The largest absolute Gasteiger partial charge is 0.468 e. The van der Waals surface area contributed by atoms with Gasteiger partial charge in [0.2, 0.25) is 0 Å². The number of esters is 1. The Hall–Kier alpha value is -2.81. The van der Waals surface area contributed by atoms with Crippen molar-refractivity contribution in [3.05, 3.63) is 56.7 Å². The highest BCUT2D eigenvalue weighted by Gasteiger charge is 2.20. The minimum atomic E-state index is -0.448. The maximum atomic E-state index is 12.7. The number of hydrogen-bond donors (Lipinski definition) is 0. The van der Waals surface area contributed by atoms with E-state index in [4.69, 9.17) is 0 Å². The molecule has 0 saturated carbocycles. The Morgan fingerprint density at radius 1 is 1.15 bits per heavy atom. The number of imidazole rings is 1. The number of benzene rings is 1. The summed E-state index contributed by atoms with van der Waals surface area (Å²) >= 11 is 1.17. The molecule has 1 aromatic carbocycles. The maximum Gasteiger partial charge on any atom is 0.332 e. The molecule has 2 aromatic heterocycles. The van der Waals surface area contributed by atoms with Crippen molar-refractivity contribution in [1.82, 2.24) is 18.7 Å². The van der Waals surface area contributed by atoms with Crippen LogP contribution >= 0.6 is 11.8 Å². The van der Waals surface area contributed by atoms with Crippen molar-refractivity contribution < 1.29 is 9.53 Å². The van der Waals surface area contributed by atoms with Crippen molar-refractivity contribution in [3.63, 3.8) is 0 Å². The summed E-state index contributed by atoms with van der Waals surface area (Å²) in [6.07, 6.45) is 0. The number of ether oxygens (including phenoxy) is 1. The van der Waals surface area contributed by atoms with E-state index in [0.717, 1.165) is 10.1 Å². The SMILES string of the molecule is COC(=O)CSc1nc2c(c(=O)n(C)c(=O)n2C)n1Cc1ccccc1. The molecule has 8 nitrogen and oxygen atoms in total. The first-order valence-electron chi connectivity index (χ1n) is 7.83. The third-order valence-corrected chi connectivity index (χ3v) is 4.99. The highest BCUT2D eigenvalue weighted by atomic mass is 32.2. The summed E-state index contributed by atoms with van der Waals surface area (Å²) in [5, 5.41) is 0.479. The summed E-state index contributed by atoms with van der Waals surface area (Å²) in [6.45, 7) is 0.397. The van der Waals surface area contributed by atoms with Gasteiger partial charge in [0.25, 0.3) is 5.56 Å². The van der Waals surface area contributed by atoms with E-state index in [1.807, 2.05) is 30.3 Å². The molecule has 0 amide bonds. The normalized spacial score (nSPS) is 11.0. The van der Waals surface area contributed by atoms with Gasteiger partial charge in [0, 0.05) is 14.1 Å². The molecule has 0 aliphatic rings. The number of rotatable bonds is 5. The van der Waals surface area contributed by atoms with Gasteiger partial charge >= 0.3 is 11.7 Å². The van der Waals surface area contributed by atoms with Gasteiger partial charge in [0.1, 0.15) is 0 Å². The zero-order valence-electron chi connectivity index (χ0n) is 14.6. The van der Waals surface area contributed by atoms with E-state index < -0.39 is 17.2 Å². The lowest BCUT2D eigenvalue weighted by atomic mass is 10.2. The molecule has 0 radical (unpaired) electrons. The smallest absolute Gasteiger partial charge is 0.332 e. The van der Waals surface area contributed by atoms with Gasteiger partial charge in [-0.05, 0) is 5.56 Å². The van der Waals surface area contributed by atoms with Gasteiger partial charge in [-0.3, -0.25) is 18.7 Å². The average Bonchev–Trinajstić information content (AvgIpc) is 3.02. The number of thioether (sulfide) groups is 1. The van der Waals surface area contributed by atoms with E-state index in [9.17, 15) is 14.4 Å². The van der Waals surface area contributed by atoms with Crippen LogP contribution in [0, 0.1) is 0 Å². The molecule has 0 saturated heterocycles. The summed E-state index contributed by atoms with van der Waals surface area (Å²) in [4.78, 5) is 40.9. The van der Waals surface area contributed by atoms with Crippen LogP contribution in [0.4, 0.5) is 0 Å². The van der Waals surface area contributed by atoms with Crippen LogP contribution in [0.3, 0.4) is 0 Å². The fourth-order valence-corrected chi connectivity index (χ4v) is 3.46. The number of carbonyl (C=O) groups is 1. The Kier molecular flexibility index (Phi) is 4.99. The summed E-state index contributed by atoms with van der Waals surface area (Å²) in [6, 6.07) is 9.60. The van der Waals surface area contributed by atoms with Gasteiger partial charge in [0.15, 0.2) is 16.3 Å². The predicted octanol–water partition coefficient (Wildman–Crippen LogP) is 0.747. The molecule has 9 heteroatoms. The Morgan fingerprint density at radius 3 is 2.50 bits per heavy atom. The minimum absolute atomic E-state index is 0.0584. The number of fused-ring (bicyclic) bond motifs is 1.